The molecule has 2 unspecified atom stereocenters. The molecule has 23 heavy (non-hydrogen) atoms. The Labute approximate surface area is 137 Å². The van der Waals surface area contributed by atoms with Crippen LogP contribution in [0.15, 0.2) is 24.4 Å². The largest absolute Gasteiger partial charge is 0.494 e. The minimum absolute atomic E-state index is 0.0883. The van der Waals surface area contributed by atoms with Crippen LogP contribution in [-0.2, 0) is 4.74 Å². The van der Waals surface area contributed by atoms with Crippen molar-refractivity contribution in [3.63, 3.8) is 0 Å². The summed E-state index contributed by atoms with van der Waals surface area (Å²) in [7, 11) is 1.66. The van der Waals surface area contributed by atoms with Crippen molar-refractivity contribution in [3.05, 3.63) is 30.1 Å². The van der Waals surface area contributed by atoms with Crippen LogP contribution in [0.25, 0.3) is 5.57 Å². The number of carbonyl (C=O) groups excluding carboxylic acids is 1. The number of pyridine rings is 1. The fourth-order valence-corrected chi connectivity index (χ4v) is 3.40. The second-order valence-corrected chi connectivity index (χ2v) is 7.14. The average Bonchev–Trinajstić information content (AvgIpc) is 2.76. The van der Waals surface area contributed by atoms with Gasteiger partial charge in [0.05, 0.1) is 13.2 Å². The molecule has 1 aromatic rings. The first-order chi connectivity index (χ1) is 10.9. The summed E-state index contributed by atoms with van der Waals surface area (Å²) in [6.07, 6.45) is 6.48. The highest BCUT2D eigenvalue weighted by Crippen LogP contribution is 2.40. The van der Waals surface area contributed by atoms with Crippen molar-refractivity contribution in [3.8, 4) is 5.75 Å². The molecule has 2 atom stereocenters. The standard InChI is InChI=1S/C18H24N2O3/c1-18(2,3)23-17(21)20-13-7-8-14(20)11-12(10-13)16-15(22-4)6-5-9-19-16/h5-6,9-10,13-14H,7-8,11H2,1-4H3. The Morgan fingerprint density at radius 1 is 1.35 bits per heavy atom. The summed E-state index contributed by atoms with van der Waals surface area (Å²) < 4.78 is 11.0. The number of amides is 1. The zero-order valence-electron chi connectivity index (χ0n) is 14.2. The molecular formula is C18H24N2O3. The van der Waals surface area contributed by atoms with Crippen molar-refractivity contribution < 1.29 is 14.3 Å². The lowest BCUT2D eigenvalue weighted by molar-refractivity contribution is 0.0175. The monoisotopic (exact) mass is 316 g/mol. The minimum Gasteiger partial charge on any atom is -0.494 e. The van der Waals surface area contributed by atoms with E-state index in [1.54, 1.807) is 13.3 Å². The lowest BCUT2D eigenvalue weighted by atomic mass is 9.98. The third kappa shape index (κ3) is 3.19. The molecule has 124 valence electrons. The van der Waals surface area contributed by atoms with E-state index in [0.717, 1.165) is 36.3 Å². The summed E-state index contributed by atoms with van der Waals surface area (Å²) in [5.41, 5.74) is 1.58. The maximum atomic E-state index is 12.5. The zero-order chi connectivity index (χ0) is 16.6. The van der Waals surface area contributed by atoms with Gasteiger partial charge in [-0.3, -0.25) is 9.88 Å². The number of rotatable bonds is 2. The molecule has 5 heteroatoms. The lowest BCUT2D eigenvalue weighted by Crippen LogP contribution is -2.45. The van der Waals surface area contributed by atoms with Gasteiger partial charge in [0.2, 0.25) is 0 Å². The van der Waals surface area contributed by atoms with Gasteiger partial charge in [-0.15, -0.1) is 0 Å². The van der Waals surface area contributed by atoms with Crippen LogP contribution in [0.1, 0.15) is 45.7 Å². The van der Waals surface area contributed by atoms with Crippen LogP contribution >= 0.6 is 0 Å². The molecule has 5 nitrogen and oxygen atoms in total. The summed E-state index contributed by atoms with van der Waals surface area (Å²) in [4.78, 5) is 18.8. The van der Waals surface area contributed by atoms with E-state index in [1.807, 2.05) is 37.8 Å². The first-order valence-corrected chi connectivity index (χ1v) is 8.10. The van der Waals surface area contributed by atoms with Crippen LogP contribution in [0.5, 0.6) is 5.75 Å². The molecule has 1 saturated heterocycles. The highest BCUT2D eigenvalue weighted by Gasteiger charge is 2.42. The summed E-state index contributed by atoms with van der Waals surface area (Å²) in [6.45, 7) is 5.70. The molecule has 3 rings (SSSR count). The molecule has 2 bridgehead atoms. The summed E-state index contributed by atoms with van der Waals surface area (Å²) in [5, 5.41) is 0. The molecular weight excluding hydrogens is 292 g/mol. The predicted molar refractivity (Wildman–Crippen MR) is 88.3 cm³/mol. The van der Waals surface area contributed by atoms with Crippen LogP contribution in [0.4, 0.5) is 4.79 Å². The first kappa shape index (κ1) is 15.8. The van der Waals surface area contributed by atoms with Gasteiger partial charge in [0.15, 0.2) is 0 Å². The number of aromatic nitrogens is 1. The molecule has 1 fully saturated rings. The minimum atomic E-state index is -0.468. The number of ether oxygens (including phenoxy) is 2. The Balaban J connectivity index is 1.85. The third-order valence-electron chi connectivity index (χ3n) is 4.29. The van der Waals surface area contributed by atoms with E-state index >= 15 is 0 Å². The highest BCUT2D eigenvalue weighted by molar-refractivity contribution is 5.75. The van der Waals surface area contributed by atoms with E-state index in [0.29, 0.717) is 0 Å². The molecule has 2 aliphatic rings. The zero-order valence-corrected chi connectivity index (χ0v) is 14.2. The number of fused-ring (bicyclic) bond motifs is 2. The quantitative estimate of drug-likeness (QED) is 0.836. The molecule has 0 aliphatic carbocycles. The van der Waals surface area contributed by atoms with Gasteiger partial charge in [-0.1, -0.05) is 6.08 Å². The van der Waals surface area contributed by atoms with E-state index in [2.05, 4.69) is 11.1 Å². The number of nitrogens with zero attached hydrogens (tertiary/aromatic N) is 2. The summed E-state index contributed by atoms with van der Waals surface area (Å²) >= 11 is 0. The van der Waals surface area contributed by atoms with Gasteiger partial charge < -0.3 is 9.47 Å². The van der Waals surface area contributed by atoms with E-state index in [-0.39, 0.29) is 18.2 Å². The smallest absolute Gasteiger partial charge is 0.411 e. The van der Waals surface area contributed by atoms with Crippen molar-refractivity contribution in [1.29, 1.82) is 0 Å². The van der Waals surface area contributed by atoms with Crippen molar-refractivity contribution in [1.82, 2.24) is 9.88 Å². The van der Waals surface area contributed by atoms with Gasteiger partial charge >= 0.3 is 6.09 Å². The molecule has 2 aliphatic heterocycles. The van der Waals surface area contributed by atoms with Crippen molar-refractivity contribution >= 4 is 11.7 Å². The molecule has 0 spiro atoms. The Morgan fingerprint density at radius 3 is 2.78 bits per heavy atom. The van der Waals surface area contributed by atoms with Gasteiger partial charge in [-0.25, -0.2) is 4.79 Å². The number of carbonyl (C=O) groups is 1. The van der Waals surface area contributed by atoms with Crippen LogP contribution in [0, 0.1) is 0 Å². The van der Waals surface area contributed by atoms with E-state index in [1.165, 1.54) is 0 Å². The van der Waals surface area contributed by atoms with Crippen molar-refractivity contribution in [2.45, 2.75) is 57.7 Å². The highest BCUT2D eigenvalue weighted by atomic mass is 16.6. The second-order valence-electron chi connectivity index (χ2n) is 7.14. The predicted octanol–water partition coefficient (Wildman–Crippen LogP) is 3.65. The number of methoxy groups -OCH3 is 1. The normalized spacial score (nSPS) is 23.5. The fourth-order valence-electron chi connectivity index (χ4n) is 3.40. The maximum absolute atomic E-state index is 12.5. The van der Waals surface area contributed by atoms with Gasteiger partial charge in [0.25, 0.3) is 0 Å². The van der Waals surface area contributed by atoms with Crippen LogP contribution < -0.4 is 4.74 Å². The van der Waals surface area contributed by atoms with Gasteiger partial charge in [-0.05, 0) is 57.7 Å². The topological polar surface area (TPSA) is 51.7 Å². The van der Waals surface area contributed by atoms with Gasteiger partial charge in [0.1, 0.15) is 17.0 Å². The van der Waals surface area contributed by atoms with Crippen molar-refractivity contribution in [2.75, 3.05) is 7.11 Å². The maximum Gasteiger partial charge on any atom is 0.411 e. The van der Waals surface area contributed by atoms with Crippen molar-refractivity contribution in [2.24, 2.45) is 0 Å². The molecule has 0 radical (unpaired) electrons. The second kappa shape index (κ2) is 5.87. The van der Waals surface area contributed by atoms with Gasteiger partial charge in [0, 0.05) is 12.2 Å². The van der Waals surface area contributed by atoms with Gasteiger partial charge in [-0.2, -0.15) is 0 Å². The molecule has 0 aromatic carbocycles. The molecule has 3 heterocycles. The van der Waals surface area contributed by atoms with E-state index in [4.69, 9.17) is 9.47 Å². The number of hydrogen-bond donors (Lipinski definition) is 0. The summed E-state index contributed by atoms with van der Waals surface area (Å²) in [6, 6.07) is 4.06. The lowest BCUT2D eigenvalue weighted by Gasteiger charge is -2.35. The van der Waals surface area contributed by atoms with Crippen LogP contribution in [0.2, 0.25) is 0 Å². The SMILES string of the molecule is COc1cccnc1C1=CC2CCC(C1)N2C(=O)OC(C)(C)C. The molecule has 0 saturated carbocycles. The third-order valence-corrected chi connectivity index (χ3v) is 4.29. The first-order valence-electron chi connectivity index (χ1n) is 8.10. The van der Waals surface area contributed by atoms with Crippen LogP contribution in [-0.4, -0.2) is 40.8 Å². The average molecular weight is 316 g/mol. The molecule has 0 N–H and O–H groups in total. The Bertz CT molecular complexity index is 633. The number of hydrogen-bond acceptors (Lipinski definition) is 4. The van der Waals surface area contributed by atoms with E-state index in [9.17, 15) is 4.79 Å². The van der Waals surface area contributed by atoms with E-state index < -0.39 is 5.60 Å². The Hall–Kier alpha value is -2.04. The molecule has 1 aromatic heterocycles. The summed E-state index contributed by atoms with van der Waals surface area (Å²) in [5.74, 6) is 0.781. The Morgan fingerprint density at radius 2 is 2.13 bits per heavy atom. The molecule has 1 amide bonds. The fraction of sp³-hybridized carbons (Fsp3) is 0.556. The van der Waals surface area contributed by atoms with Crippen LogP contribution in [0.3, 0.4) is 0 Å². The Kier molecular flexibility index (Phi) is 4.04.